The molecule has 3 aliphatic rings. The van der Waals surface area contributed by atoms with Crippen molar-refractivity contribution in [2.24, 2.45) is 11.7 Å². The van der Waals surface area contributed by atoms with Gasteiger partial charge in [-0.15, -0.1) is 0 Å². The summed E-state index contributed by atoms with van der Waals surface area (Å²) in [5.41, 5.74) is 8.83. The highest BCUT2D eigenvalue weighted by Crippen LogP contribution is 2.29. The second kappa shape index (κ2) is 7.05. The highest BCUT2D eigenvalue weighted by molar-refractivity contribution is 6.05. The Balaban J connectivity index is 1.47. The molecule has 7 nitrogen and oxygen atoms in total. The quantitative estimate of drug-likeness (QED) is 0.761. The highest BCUT2D eigenvalue weighted by Gasteiger charge is 2.39. The van der Waals surface area contributed by atoms with Gasteiger partial charge < -0.3 is 10.6 Å². The van der Waals surface area contributed by atoms with Gasteiger partial charge in [0.05, 0.1) is 0 Å². The summed E-state index contributed by atoms with van der Waals surface area (Å²) in [6.07, 6.45) is 1.66. The molecule has 3 heterocycles. The van der Waals surface area contributed by atoms with Crippen molar-refractivity contribution in [3.63, 3.8) is 0 Å². The van der Waals surface area contributed by atoms with E-state index < -0.39 is 6.04 Å². The Morgan fingerprint density at radius 1 is 1.22 bits per heavy atom. The van der Waals surface area contributed by atoms with Gasteiger partial charge in [0.25, 0.3) is 5.91 Å². The average molecular weight is 370 g/mol. The van der Waals surface area contributed by atoms with Crippen molar-refractivity contribution >= 4 is 17.7 Å². The van der Waals surface area contributed by atoms with Crippen molar-refractivity contribution in [3.05, 3.63) is 34.9 Å². The van der Waals surface area contributed by atoms with E-state index in [0.29, 0.717) is 24.4 Å². The number of hydrogen-bond donors (Lipinski definition) is 2. The molecule has 2 fully saturated rings. The molecular formula is C20H26N4O3. The van der Waals surface area contributed by atoms with Gasteiger partial charge in [0.2, 0.25) is 11.8 Å². The van der Waals surface area contributed by atoms with Gasteiger partial charge >= 0.3 is 0 Å². The minimum absolute atomic E-state index is 0.115. The van der Waals surface area contributed by atoms with Crippen molar-refractivity contribution in [3.8, 4) is 0 Å². The van der Waals surface area contributed by atoms with Crippen LogP contribution >= 0.6 is 0 Å². The maximum absolute atomic E-state index is 12.9. The van der Waals surface area contributed by atoms with Crippen LogP contribution in [0.3, 0.4) is 0 Å². The minimum Gasteiger partial charge on any atom is -0.327 e. The number of carbonyl (C=O) groups excluding carboxylic acids is 3. The van der Waals surface area contributed by atoms with Crippen molar-refractivity contribution in [1.82, 2.24) is 15.1 Å². The molecule has 3 atom stereocenters. The van der Waals surface area contributed by atoms with E-state index in [9.17, 15) is 14.4 Å². The van der Waals surface area contributed by atoms with E-state index in [2.05, 4.69) is 23.2 Å². The van der Waals surface area contributed by atoms with Gasteiger partial charge in [-0.05, 0) is 42.5 Å². The summed E-state index contributed by atoms with van der Waals surface area (Å²) < 4.78 is 0. The molecule has 0 bridgehead atoms. The first-order valence-corrected chi connectivity index (χ1v) is 9.67. The number of rotatable bonds is 3. The molecule has 27 heavy (non-hydrogen) atoms. The maximum Gasteiger partial charge on any atom is 0.255 e. The van der Waals surface area contributed by atoms with Gasteiger partial charge in [-0.2, -0.15) is 0 Å². The molecule has 7 heteroatoms. The Labute approximate surface area is 158 Å². The molecule has 0 radical (unpaired) electrons. The fourth-order valence-electron chi connectivity index (χ4n) is 4.35. The van der Waals surface area contributed by atoms with Gasteiger partial charge in [0.15, 0.2) is 0 Å². The van der Waals surface area contributed by atoms with E-state index >= 15 is 0 Å². The zero-order chi connectivity index (χ0) is 19.1. The molecule has 0 aromatic heterocycles. The van der Waals surface area contributed by atoms with Gasteiger partial charge in [0, 0.05) is 37.7 Å². The lowest BCUT2D eigenvalue weighted by molar-refractivity contribution is -0.136. The number of carbonyl (C=O) groups is 3. The molecule has 2 saturated heterocycles. The van der Waals surface area contributed by atoms with Crippen LogP contribution in [0.2, 0.25) is 0 Å². The summed E-state index contributed by atoms with van der Waals surface area (Å²) >= 11 is 0. The number of fused-ring (bicyclic) bond motifs is 1. The van der Waals surface area contributed by atoms with Crippen molar-refractivity contribution in [2.45, 2.75) is 51.4 Å². The third kappa shape index (κ3) is 3.49. The molecule has 144 valence electrons. The fourth-order valence-corrected chi connectivity index (χ4v) is 4.35. The topological polar surface area (TPSA) is 95.7 Å². The van der Waals surface area contributed by atoms with Gasteiger partial charge in [-0.1, -0.05) is 19.1 Å². The zero-order valence-corrected chi connectivity index (χ0v) is 15.6. The zero-order valence-electron chi connectivity index (χ0n) is 15.6. The SMILES string of the molecule is CC1CN(Cc2ccc3c(c2)C(=O)N(C2CCC(=O)NC2=O)C3)CCC1N. The average Bonchev–Trinajstić information content (AvgIpc) is 2.95. The van der Waals surface area contributed by atoms with Crippen molar-refractivity contribution < 1.29 is 14.4 Å². The maximum atomic E-state index is 12.9. The Morgan fingerprint density at radius 3 is 2.78 bits per heavy atom. The van der Waals surface area contributed by atoms with E-state index in [4.69, 9.17) is 5.73 Å². The Kier molecular flexibility index (Phi) is 4.74. The fraction of sp³-hybridized carbons (Fsp3) is 0.550. The van der Waals surface area contributed by atoms with Crippen LogP contribution in [0.1, 0.15) is 47.7 Å². The van der Waals surface area contributed by atoms with E-state index in [1.54, 1.807) is 4.90 Å². The number of hydrogen-bond acceptors (Lipinski definition) is 5. The normalized spacial score (nSPS) is 29.0. The lowest BCUT2D eigenvalue weighted by Gasteiger charge is -2.35. The van der Waals surface area contributed by atoms with Gasteiger partial charge in [-0.3, -0.25) is 24.6 Å². The molecule has 3 aliphatic heterocycles. The smallest absolute Gasteiger partial charge is 0.255 e. The molecule has 3 N–H and O–H groups in total. The predicted octanol–water partition coefficient (Wildman–Crippen LogP) is 0.617. The molecule has 1 aromatic rings. The number of benzene rings is 1. The third-order valence-corrected chi connectivity index (χ3v) is 6.05. The number of nitrogens with one attached hydrogen (secondary N) is 1. The highest BCUT2D eigenvalue weighted by atomic mass is 16.2. The molecule has 3 amide bonds. The monoisotopic (exact) mass is 370 g/mol. The molecule has 0 aliphatic carbocycles. The van der Waals surface area contributed by atoms with Crippen LogP contribution in [0.5, 0.6) is 0 Å². The van der Waals surface area contributed by atoms with E-state index in [1.165, 1.54) is 0 Å². The lowest BCUT2D eigenvalue weighted by atomic mass is 9.94. The lowest BCUT2D eigenvalue weighted by Crippen LogP contribution is -2.52. The van der Waals surface area contributed by atoms with E-state index in [-0.39, 0.29) is 30.2 Å². The van der Waals surface area contributed by atoms with Crippen molar-refractivity contribution in [2.75, 3.05) is 13.1 Å². The summed E-state index contributed by atoms with van der Waals surface area (Å²) in [7, 11) is 0. The number of likely N-dealkylation sites (tertiary alicyclic amines) is 1. The number of nitrogens with two attached hydrogens (primary N) is 1. The number of imide groups is 1. The Bertz CT molecular complexity index is 793. The largest absolute Gasteiger partial charge is 0.327 e. The Hall–Kier alpha value is -2.25. The van der Waals surface area contributed by atoms with Crippen LogP contribution in [0.4, 0.5) is 0 Å². The van der Waals surface area contributed by atoms with Crippen LogP contribution < -0.4 is 11.1 Å². The van der Waals surface area contributed by atoms with Gasteiger partial charge in [-0.25, -0.2) is 0 Å². The molecule has 0 spiro atoms. The van der Waals surface area contributed by atoms with Crippen LogP contribution in [0, 0.1) is 5.92 Å². The summed E-state index contributed by atoms with van der Waals surface area (Å²) in [5, 5.41) is 2.34. The third-order valence-electron chi connectivity index (χ3n) is 6.05. The van der Waals surface area contributed by atoms with E-state index in [1.807, 2.05) is 12.1 Å². The number of piperidine rings is 2. The number of nitrogens with zero attached hydrogens (tertiary/aromatic N) is 2. The molecular weight excluding hydrogens is 344 g/mol. The molecule has 4 rings (SSSR count). The van der Waals surface area contributed by atoms with Crippen LogP contribution in [0.25, 0.3) is 0 Å². The number of amides is 3. The minimum atomic E-state index is -0.560. The first-order chi connectivity index (χ1) is 12.9. The molecule has 1 aromatic carbocycles. The summed E-state index contributed by atoms with van der Waals surface area (Å²) in [5.74, 6) is -0.280. The van der Waals surface area contributed by atoms with Crippen LogP contribution in [0.15, 0.2) is 18.2 Å². The summed E-state index contributed by atoms with van der Waals surface area (Å²) in [6.45, 7) is 5.35. The van der Waals surface area contributed by atoms with Crippen LogP contribution in [-0.4, -0.2) is 52.7 Å². The van der Waals surface area contributed by atoms with Crippen LogP contribution in [-0.2, 0) is 22.7 Å². The van der Waals surface area contributed by atoms with Gasteiger partial charge in [0.1, 0.15) is 6.04 Å². The second-order valence-electron chi connectivity index (χ2n) is 8.06. The standard InChI is InChI=1S/C20H26N4O3/c1-12-9-23(7-6-16(12)21)10-13-2-3-14-11-24(20(27)15(14)8-13)17-4-5-18(25)22-19(17)26/h2-3,8,12,16-17H,4-7,9-11,21H2,1H3,(H,22,25,26). The summed E-state index contributed by atoms with van der Waals surface area (Å²) in [4.78, 5) is 40.4. The second-order valence-corrected chi connectivity index (χ2v) is 8.06. The first kappa shape index (κ1) is 18.1. The van der Waals surface area contributed by atoms with Crippen molar-refractivity contribution in [1.29, 1.82) is 0 Å². The first-order valence-electron chi connectivity index (χ1n) is 9.67. The predicted molar refractivity (Wildman–Crippen MR) is 99.5 cm³/mol. The summed E-state index contributed by atoms with van der Waals surface area (Å²) in [6, 6.07) is 5.73. The van der Waals surface area contributed by atoms with E-state index in [0.717, 1.165) is 37.2 Å². The Morgan fingerprint density at radius 2 is 2.04 bits per heavy atom. The molecule has 0 saturated carbocycles. The molecule has 3 unspecified atom stereocenters.